The summed E-state index contributed by atoms with van der Waals surface area (Å²) in [5.74, 6) is -0.797. The minimum Gasteiger partial charge on any atom is -0.298 e. The predicted molar refractivity (Wildman–Crippen MR) is 65.0 cm³/mol. The molecule has 0 bridgehead atoms. The van der Waals surface area contributed by atoms with Crippen molar-refractivity contribution in [2.24, 2.45) is 0 Å². The molecule has 0 fully saturated rings. The number of carbonyl (C=O) groups is 1. The molecule has 0 amide bonds. The van der Waals surface area contributed by atoms with Gasteiger partial charge in [0.1, 0.15) is 0 Å². The Morgan fingerprint density at radius 2 is 2.00 bits per heavy atom. The molecule has 0 atom stereocenters. The van der Waals surface area contributed by atoms with Gasteiger partial charge in [0.15, 0.2) is 6.29 Å². The van der Waals surface area contributed by atoms with Crippen LogP contribution in [-0.2, 0) is 0 Å². The van der Waals surface area contributed by atoms with Crippen LogP contribution in [0.5, 0.6) is 0 Å². The first-order chi connectivity index (χ1) is 8.11. The van der Waals surface area contributed by atoms with Gasteiger partial charge in [-0.3, -0.25) is 4.79 Å². The molecule has 2 rings (SSSR count). The quantitative estimate of drug-likeness (QED) is 0.609. The van der Waals surface area contributed by atoms with E-state index in [0.29, 0.717) is 27.5 Å². The lowest BCUT2D eigenvalue weighted by molar-refractivity contribution is 0.111. The molecule has 2 nitrogen and oxygen atoms in total. The molecule has 0 saturated heterocycles. The van der Waals surface area contributed by atoms with E-state index in [2.05, 4.69) is 4.98 Å². The first-order valence-corrected chi connectivity index (χ1v) is 5.43. The first kappa shape index (κ1) is 12.0. The minimum atomic E-state index is -0.797. The van der Waals surface area contributed by atoms with Crippen molar-refractivity contribution in [3.63, 3.8) is 0 Å². The summed E-state index contributed by atoms with van der Waals surface area (Å²) in [4.78, 5) is 14.1. The Morgan fingerprint density at radius 3 is 2.65 bits per heavy atom. The third-order valence-corrected chi connectivity index (χ3v) is 2.78. The van der Waals surface area contributed by atoms with Crippen molar-refractivity contribution in [3.05, 3.63) is 52.0 Å². The van der Waals surface area contributed by atoms with Gasteiger partial charge in [-0.25, -0.2) is 4.98 Å². The van der Waals surface area contributed by atoms with Crippen molar-refractivity contribution >= 4 is 29.5 Å². The van der Waals surface area contributed by atoms with E-state index >= 15 is 0 Å². The highest BCUT2D eigenvalue weighted by molar-refractivity contribution is 6.36. The monoisotopic (exact) mass is 269 g/mol. The fourth-order valence-corrected chi connectivity index (χ4v) is 1.94. The predicted octanol–water partition coefficient (Wildman–Crippen LogP) is 4.01. The molecule has 0 saturated carbocycles. The highest BCUT2D eigenvalue weighted by atomic mass is 35.5. The lowest BCUT2D eigenvalue weighted by Gasteiger charge is -2.05. The van der Waals surface area contributed by atoms with E-state index in [1.807, 2.05) is 0 Å². The fourth-order valence-electron chi connectivity index (χ4n) is 1.42. The average Bonchev–Trinajstić information content (AvgIpc) is 2.30. The second-order valence-corrected chi connectivity index (χ2v) is 4.19. The molecular formula is C12H6Cl2FNO. The van der Waals surface area contributed by atoms with E-state index in [-0.39, 0.29) is 5.56 Å². The van der Waals surface area contributed by atoms with Crippen LogP contribution in [0.4, 0.5) is 4.39 Å². The molecule has 2 aromatic rings. The molecule has 0 aliphatic heterocycles. The summed E-state index contributed by atoms with van der Waals surface area (Å²) in [5, 5.41) is 0.923. The van der Waals surface area contributed by atoms with Crippen LogP contribution in [-0.4, -0.2) is 11.3 Å². The SMILES string of the molecule is O=Cc1cc(-c2ccc(Cl)cc2Cl)cnc1F. The molecule has 0 aliphatic carbocycles. The molecule has 1 heterocycles. The maximum atomic E-state index is 13.1. The zero-order valence-electron chi connectivity index (χ0n) is 8.45. The van der Waals surface area contributed by atoms with Crippen LogP contribution in [0.3, 0.4) is 0 Å². The van der Waals surface area contributed by atoms with E-state index in [4.69, 9.17) is 23.2 Å². The largest absolute Gasteiger partial charge is 0.298 e. The van der Waals surface area contributed by atoms with Crippen LogP contribution in [0.25, 0.3) is 11.1 Å². The van der Waals surface area contributed by atoms with Gasteiger partial charge in [0.25, 0.3) is 0 Å². The highest BCUT2D eigenvalue weighted by Crippen LogP contribution is 2.30. The second-order valence-electron chi connectivity index (χ2n) is 3.35. The summed E-state index contributed by atoms with van der Waals surface area (Å²) in [6.45, 7) is 0. The number of nitrogens with zero attached hydrogens (tertiary/aromatic N) is 1. The molecule has 0 aliphatic rings. The first-order valence-electron chi connectivity index (χ1n) is 4.68. The maximum absolute atomic E-state index is 13.1. The molecule has 0 unspecified atom stereocenters. The summed E-state index contributed by atoms with van der Waals surface area (Å²) < 4.78 is 13.1. The summed E-state index contributed by atoms with van der Waals surface area (Å²) in [5.41, 5.74) is 1.11. The van der Waals surface area contributed by atoms with E-state index in [1.54, 1.807) is 18.2 Å². The summed E-state index contributed by atoms with van der Waals surface area (Å²) in [6.07, 6.45) is 1.73. The number of aldehydes is 1. The van der Waals surface area contributed by atoms with Gasteiger partial charge in [0, 0.05) is 27.4 Å². The van der Waals surface area contributed by atoms with Crippen molar-refractivity contribution in [3.8, 4) is 11.1 Å². The Labute approximate surface area is 107 Å². The summed E-state index contributed by atoms with van der Waals surface area (Å²) in [7, 11) is 0. The number of hydrogen-bond acceptors (Lipinski definition) is 2. The molecule has 5 heteroatoms. The summed E-state index contributed by atoms with van der Waals surface area (Å²) >= 11 is 11.8. The zero-order valence-corrected chi connectivity index (χ0v) is 9.97. The number of halogens is 3. The molecular weight excluding hydrogens is 264 g/mol. The molecule has 1 aromatic carbocycles. The number of aromatic nitrogens is 1. The smallest absolute Gasteiger partial charge is 0.223 e. The zero-order chi connectivity index (χ0) is 12.4. The number of carbonyl (C=O) groups excluding carboxylic acids is 1. The van der Waals surface area contributed by atoms with Crippen LogP contribution in [0.2, 0.25) is 10.0 Å². The third-order valence-electron chi connectivity index (χ3n) is 2.24. The van der Waals surface area contributed by atoms with Gasteiger partial charge in [0.2, 0.25) is 5.95 Å². The normalized spacial score (nSPS) is 10.3. The topological polar surface area (TPSA) is 30.0 Å². The lowest BCUT2D eigenvalue weighted by Crippen LogP contribution is -1.93. The number of hydrogen-bond donors (Lipinski definition) is 0. The van der Waals surface area contributed by atoms with Crippen molar-refractivity contribution in [2.75, 3.05) is 0 Å². The van der Waals surface area contributed by atoms with Gasteiger partial charge in [-0.1, -0.05) is 29.3 Å². The molecule has 0 N–H and O–H groups in total. The average molecular weight is 270 g/mol. The van der Waals surface area contributed by atoms with E-state index in [9.17, 15) is 9.18 Å². The van der Waals surface area contributed by atoms with Crippen LogP contribution >= 0.6 is 23.2 Å². The molecule has 0 radical (unpaired) electrons. The van der Waals surface area contributed by atoms with Crippen LogP contribution < -0.4 is 0 Å². The van der Waals surface area contributed by atoms with Crippen LogP contribution in [0.15, 0.2) is 30.5 Å². The fraction of sp³-hybridized carbons (Fsp3) is 0. The molecule has 0 spiro atoms. The standard InChI is InChI=1S/C12H6Cl2FNO/c13-9-1-2-10(11(14)4-9)7-3-8(6-17)12(15)16-5-7/h1-6H. The Kier molecular flexibility index (Phi) is 3.41. The van der Waals surface area contributed by atoms with E-state index in [1.165, 1.54) is 12.3 Å². The molecule has 86 valence electrons. The molecule has 1 aromatic heterocycles. The third kappa shape index (κ3) is 2.46. The van der Waals surface area contributed by atoms with Gasteiger partial charge in [0.05, 0.1) is 5.56 Å². The number of rotatable bonds is 2. The van der Waals surface area contributed by atoms with Crippen molar-refractivity contribution in [2.45, 2.75) is 0 Å². The number of pyridine rings is 1. The van der Waals surface area contributed by atoms with Gasteiger partial charge in [-0.2, -0.15) is 4.39 Å². The van der Waals surface area contributed by atoms with Gasteiger partial charge in [-0.15, -0.1) is 0 Å². The van der Waals surface area contributed by atoms with Crippen LogP contribution in [0, 0.1) is 5.95 Å². The van der Waals surface area contributed by atoms with Crippen LogP contribution in [0.1, 0.15) is 10.4 Å². The summed E-state index contributed by atoms with van der Waals surface area (Å²) in [6, 6.07) is 6.31. The van der Waals surface area contributed by atoms with Gasteiger partial charge < -0.3 is 0 Å². The minimum absolute atomic E-state index is 0.103. The highest BCUT2D eigenvalue weighted by Gasteiger charge is 2.08. The van der Waals surface area contributed by atoms with Crippen molar-refractivity contribution in [1.29, 1.82) is 0 Å². The Bertz CT molecular complexity index is 587. The Morgan fingerprint density at radius 1 is 1.24 bits per heavy atom. The van der Waals surface area contributed by atoms with Gasteiger partial charge >= 0.3 is 0 Å². The second kappa shape index (κ2) is 4.82. The number of benzene rings is 1. The molecule has 17 heavy (non-hydrogen) atoms. The lowest BCUT2D eigenvalue weighted by atomic mass is 10.1. The van der Waals surface area contributed by atoms with Crippen molar-refractivity contribution in [1.82, 2.24) is 4.98 Å². The van der Waals surface area contributed by atoms with E-state index in [0.717, 1.165) is 0 Å². The van der Waals surface area contributed by atoms with Gasteiger partial charge in [-0.05, 0) is 18.2 Å². The van der Waals surface area contributed by atoms with E-state index < -0.39 is 5.95 Å². The Hall–Kier alpha value is -1.45. The van der Waals surface area contributed by atoms with Crippen molar-refractivity contribution < 1.29 is 9.18 Å². The maximum Gasteiger partial charge on any atom is 0.223 e. The Balaban J connectivity index is 2.56.